The van der Waals surface area contributed by atoms with E-state index in [1.807, 2.05) is 0 Å². The molecule has 1 fully saturated rings. The first-order chi connectivity index (χ1) is 13.3. The molecule has 0 radical (unpaired) electrons. The lowest BCUT2D eigenvalue weighted by Crippen LogP contribution is -2.44. The van der Waals surface area contributed by atoms with E-state index >= 15 is 0 Å². The Morgan fingerprint density at radius 3 is 2.54 bits per heavy atom. The fourth-order valence-corrected chi connectivity index (χ4v) is 3.88. The molecule has 1 saturated carbocycles. The van der Waals surface area contributed by atoms with Crippen molar-refractivity contribution in [2.75, 3.05) is 0 Å². The topological polar surface area (TPSA) is 90.7 Å². The number of benzene rings is 1. The summed E-state index contributed by atoms with van der Waals surface area (Å²) in [5, 5.41) is 0.662. The predicted molar refractivity (Wildman–Crippen MR) is 100 cm³/mol. The van der Waals surface area contributed by atoms with E-state index in [4.69, 9.17) is 11.5 Å². The predicted octanol–water partition coefficient (Wildman–Crippen LogP) is 3.77. The summed E-state index contributed by atoms with van der Waals surface area (Å²) in [4.78, 5) is 12.6. The number of fused-ring (bicyclic) bond motifs is 1. The molecule has 1 aliphatic rings. The van der Waals surface area contributed by atoms with Crippen LogP contribution in [0.3, 0.4) is 0 Å². The largest absolute Gasteiger partial charge is 0.417 e. The molecule has 146 valence electrons. The highest BCUT2D eigenvalue weighted by molar-refractivity contribution is 5.87. The molecule has 0 atom stereocenters. The third kappa shape index (κ3) is 3.33. The van der Waals surface area contributed by atoms with E-state index in [1.165, 1.54) is 12.5 Å². The molecule has 3 aromatic rings. The number of hydrogen-bond donors (Lipinski definition) is 2. The lowest BCUT2D eigenvalue weighted by molar-refractivity contribution is -0.137. The maximum absolute atomic E-state index is 13.4. The van der Waals surface area contributed by atoms with Gasteiger partial charge in [0.15, 0.2) is 0 Å². The zero-order valence-electron chi connectivity index (χ0n) is 15.1. The van der Waals surface area contributed by atoms with E-state index in [0.717, 1.165) is 25.1 Å². The molecule has 2 heterocycles. The number of hydrogen-bond acceptors (Lipinski definition) is 5. The summed E-state index contributed by atoms with van der Waals surface area (Å²) in [7, 11) is 0. The second-order valence-electron chi connectivity index (χ2n) is 7.37. The SMILES string of the molecule is NC1CCC(N)(c2ncnc3ccc(-c4cnccc4C(F)(F)F)cc23)CC1. The van der Waals surface area contributed by atoms with Crippen molar-refractivity contribution in [2.45, 2.75) is 43.4 Å². The molecule has 0 spiro atoms. The van der Waals surface area contributed by atoms with Crippen molar-refractivity contribution in [1.29, 1.82) is 0 Å². The fraction of sp³-hybridized carbons (Fsp3) is 0.350. The molecule has 0 aliphatic heterocycles. The van der Waals surface area contributed by atoms with Crippen LogP contribution >= 0.6 is 0 Å². The maximum atomic E-state index is 13.4. The summed E-state index contributed by atoms with van der Waals surface area (Å²) in [6.45, 7) is 0. The van der Waals surface area contributed by atoms with Crippen molar-refractivity contribution in [3.63, 3.8) is 0 Å². The molecule has 0 saturated heterocycles. The van der Waals surface area contributed by atoms with Crippen LogP contribution in [0.2, 0.25) is 0 Å². The van der Waals surface area contributed by atoms with Crippen molar-refractivity contribution in [1.82, 2.24) is 15.0 Å². The van der Waals surface area contributed by atoms with Gasteiger partial charge in [0.2, 0.25) is 0 Å². The van der Waals surface area contributed by atoms with Gasteiger partial charge < -0.3 is 11.5 Å². The molecular weight excluding hydrogens is 367 g/mol. The Hall–Kier alpha value is -2.58. The average Bonchev–Trinajstić information content (AvgIpc) is 2.69. The summed E-state index contributed by atoms with van der Waals surface area (Å²) in [5.41, 5.74) is 13.0. The summed E-state index contributed by atoms with van der Waals surface area (Å²) in [6, 6.07) is 6.09. The quantitative estimate of drug-likeness (QED) is 0.699. The van der Waals surface area contributed by atoms with E-state index in [9.17, 15) is 13.2 Å². The lowest BCUT2D eigenvalue weighted by Gasteiger charge is -2.36. The van der Waals surface area contributed by atoms with Crippen LogP contribution in [-0.4, -0.2) is 21.0 Å². The highest BCUT2D eigenvalue weighted by atomic mass is 19.4. The fourth-order valence-electron chi connectivity index (χ4n) is 3.88. The Morgan fingerprint density at radius 1 is 1.07 bits per heavy atom. The highest BCUT2D eigenvalue weighted by Gasteiger charge is 2.36. The Labute approximate surface area is 160 Å². The lowest BCUT2D eigenvalue weighted by atomic mass is 9.77. The Morgan fingerprint density at radius 2 is 1.82 bits per heavy atom. The number of aromatic nitrogens is 3. The molecule has 1 aromatic carbocycles. The molecule has 8 heteroatoms. The van der Waals surface area contributed by atoms with Gasteiger partial charge in [-0.1, -0.05) is 6.07 Å². The number of alkyl halides is 3. The van der Waals surface area contributed by atoms with Gasteiger partial charge in [0, 0.05) is 29.4 Å². The summed E-state index contributed by atoms with van der Waals surface area (Å²) in [6.07, 6.45) is 2.25. The van der Waals surface area contributed by atoms with Gasteiger partial charge in [0.25, 0.3) is 0 Å². The van der Waals surface area contributed by atoms with Crippen molar-refractivity contribution in [3.05, 3.63) is 54.2 Å². The first-order valence-electron chi connectivity index (χ1n) is 9.09. The molecule has 4 rings (SSSR count). The van der Waals surface area contributed by atoms with E-state index in [1.54, 1.807) is 18.2 Å². The van der Waals surface area contributed by atoms with Crippen LogP contribution in [-0.2, 0) is 11.7 Å². The van der Waals surface area contributed by atoms with E-state index < -0.39 is 17.3 Å². The van der Waals surface area contributed by atoms with Crippen LogP contribution in [0, 0.1) is 0 Å². The normalized spacial score (nSPS) is 23.1. The van der Waals surface area contributed by atoms with Crippen molar-refractivity contribution >= 4 is 10.9 Å². The van der Waals surface area contributed by atoms with Crippen molar-refractivity contribution < 1.29 is 13.2 Å². The molecule has 4 N–H and O–H groups in total. The van der Waals surface area contributed by atoms with Crippen LogP contribution in [0.5, 0.6) is 0 Å². The highest BCUT2D eigenvalue weighted by Crippen LogP contribution is 2.40. The Kier molecular flexibility index (Phi) is 4.55. The van der Waals surface area contributed by atoms with Crippen LogP contribution < -0.4 is 11.5 Å². The number of rotatable bonds is 2. The first-order valence-corrected chi connectivity index (χ1v) is 9.09. The van der Waals surface area contributed by atoms with Gasteiger partial charge in [0.05, 0.1) is 22.3 Å². The Bertz CT molecular complexity index is 1010. The van der Waals surface area contributed by atoms with Gasteiger partial charge in [-0.2, -0.15) is 13.2 Å². The van der Waals surface area contributed by atoms with Crippen LogP contribution in [0.15, 0.2) is 43.0 Å². The van der Waals surface area contributed by atoms with Crippen molar-refractivity contribution in [3.8, 4) is 11.1 Å². The van der Waals surface area contributed by atoms with Gasteiger partial charge in [-0.25, -0.2) is 9.97 Å². The maximum Gasteiger partial charge on any atom is 0.417 e. The molecular formula is C20H20F3N5. The standard InChI is InChI=1S/C20H20F3N5/c21-20(22,23)16-5-8-26-10-15(16)12-1-2-17-14(9-12)18(28-11-27-17)19(25)6-3-13(24)4-7-19/h1-2,5,8-11,13H,3-4,6-7,24-25H2. The van der Waals surface area contributed by atoms with Crippen molar-refractivity contribution in [2.24, 2.45) is 11.5 Å². The summed E-state index contributed by atoms with van der Waals surface area (Å²) < 4.78 is 40.3. The third-order valence-electron chi connectivity index (χ3n) is 5.47. The summed E-state index contributed by atoms with van der Waals surface area (Å²) in [5.74, 6) is 0. The minimum absolute atomic E-state index is 0.0171. The first kappa shape index (κ1) is 18.8. The number of nitrogens with two attached hydrogens (primary N) is 2. The van der Waals surface area contributed by atoms with Gasteiger partial charge in [-0.3, -0.25) is 4.98 Å². The molecule has 0 amide bonds. The van der Waals surface area contributed by atoms with Crippen LogP contribution in [0.25, 0.3) is 22.0 Å². The zero-order chi connectivity index (χ0) is 19.9. The Balaban J connectivity index is 1.87. The third-order valence-corrected chi connectivity index (χ3v) is 5.47. The van der Waals surface area contributed by atoms with Gasteiger partial charge in [-0.15, -0.1) is 0 Å². The molecule has 5 nitrogen and oxygen atoms in total. The van der Waals surface area contributed by atoms with E-state index in [0.29, 0.717) is 35.0 Å². The molecule has 1 aliphatic carbocycles. The monoisotopic (exact) mass is 387 g/mol. The van der Waals surface area contributed by atoms with Gasteiger partial charge in [-0.05, 0) is 49.4 Å². The van der Waals surface area contributed by atoms with E-state index in [-0.39, 0.29) is 11.6 Å². The number of nitrogens with zero attached hydrogens (tertiary/aromatic N) is 3. The molecule has 2 aromatic heterocycles. The smallest absolute Gasteiger partial charge is 0.328 e. The summed E-state index contributed by atoms with van der Waals surface area (Å²) >= 11 is 0. The molecule has 28 heavy (non-hydrogen) atoms. The minimum atomic E-state index is -4.47. The molecule has 0 bridgehead atoms. The number of halogens is 3. The van der Waals surface area contributed by atoms with Crippen LogP contribution in [0.1, 0.15) is 36.9 Å². The average molecular weight is 387 g/mol. The molecule has 0 unspecified atom stereocenters. The van der Waals surface area contributed by atoms with Gasteiger partial charge in [0.1, 0.15) is 6.33 Å². The number of pyridine rings is 1. The van der Waals surface area contributed by atoms with E-state index in [2.05, 4.69) is 15.0 Å². The second-order valence-corrected chi connectivity index (χ2v) is 7.37. The zero-order valence-corrected chi connectivity index (χ0v) is 15.1. The minimum Gasteiger partial charge on any atom is -0.328 e. The van der Waals surface area contributed by atoms with Crippen LogP contribution in [0.4, 0.5) is 13.2 Å². The second kappa shape index (κ2) is 6.79. The van der Waals surface area contributed by atoms with Gasteiger partial charge >= 0.3 is 6.18 Å².